The second-order valence-electron chi connectivity index (χ2n) is 3.52. The minimum atomic E-state index is 0.323. The van der Waals surface area contributed by atoms with Crippen LogP contribution in [-0.4, -0.2) is 19.7 Å². The van der Waals surface area contributed by atoms with Gasteiger partial charge in [-0.1, -0.05) is 23.7 Å². The van der Waals surface area contributed by atoms with E-state index in [0.717, 1.165) is 11.0 Å². The van der Waals surface area contributed by atoms with Crippen LogP contribution in [0.2, 0.25) is 5.02 Å². The molecule has 3 rings (SSSR count). The van der Waals surface area contributed by atoms with Crippen LogP contribution in [0.3, 0.4) is 0 Å². The summed E-state index contributed by atoms with van der Waals surface area (Å²) >= 11 is 5.81. The number of nitrogens with zero attached hydrogens (tertiary/aromatic N) is 4. The Morgan fingerprint density at radius 1 is 1.12 bits per heavy atom. The normalized spacial score (nSPS) is 10.9. The van der Waals surface area contributed by atoms with Gasteiger partial charge in [-0.25, -0.2) is 14.6 Å². The number of aromatic nitrogens is 4. The Labute approximate surface area is 102 Å². The van der Waals surface area contributed by atoms with Crippen LogP contribution in [0.15, 0.2) is 36.7 Å². The maximum atomic E-state index is 5.85. The van der Waals surface area contributed by atoms with Gasteiger partial charge in [-0.2, -0.15) is 5.10 Å². The molecule has 0 bridgehead atoms. The molecule has 2 heterocycles. The lowest BCUT2D eigenvalue weighted by atomic mass is 10.3. The summed E-state index contributed by atoms with van der Waals surface area (Å²) in [4.78, 5) is 8.69. The van der Waals surface area contributed by atoms with Gasteiger partial charge in [0.15, 0.2) is 11.6 Å². The molecule has 3 aromatic rings. The van der Waals surface area contributed by atoms with Gasteiger partial charge in [0.05, 0.1) is 28.4 Å². The van der Waals surface area contributed by atoms with Gasteiger partial charge in [0.25, 0.3) is 0 Å². The number of nitrogens with two attached hydrogens (primary N) is 1. The molecule has 84 valence electrons. The second-order valence-corrected chi connectivity index (χ2v) is 3.96. The first-order valence-electron chi connectivity index (χ1n) is 4.97. The van der Waals surface area contributed by atoms with Crippen molar-refractivity contribution in [3.8, 4) is 5.82 Å². The fourth-order valence-corrected chi connectivity index (χ4v) is 1.73. The average molecular weight is 246 g/mol. The van der Waals surface area contributed by atoms with Crippen molar-refractivity contribution in [2.45, 2.75) is 0 Å². The van der Waals surface area contributed by atoms with E-state index < -0.39 is 0 Å². The van der Waals surface area contributed by atoms with E-state index in [1.165, 1.54) is 10.9 Å². The second kappa shape index (κ2) is 3.71. The molecule has 0 unspecified atom stereocenters. The smallest absolute Gasteiger partial charge is 0.197 e. The minimum Gasteiger partial charge on any atom is -0.381 e. The molecular weight excluding hydrogens is 238 g/mol. The van der Waals surface area contributed by atoms with E-state index in [9.17, 15) is 0 Å². The predicted molar refractivity (Wildman–Crippen MR) is 66.1 cm³/mol. The summed E-state index contributed by atoms with van der Waals surface area (Å²) in [5.74, 6) is 0.805. The lowest BCUT2D eigenvalue weighted by Crippen LogP contribution is -2.05. The van der Waals surface area contributed by atoms with E-state index in [1.807, 2.05) is 24.3 Å². The molecule has 2 N–H and O–H groups in total. The van der Waals surface area contributed by atoms with Crippen LogP contribution >= 0.6 is 11.6 Å². The van der Waals surface area contributed by atoms with Gasteiger partial charge in [0.1, 0.15) is 0 Å². The summed E-state index contributed by atoms with van der Waals surface area (Å²) < 4.78 is 1.51. The molecule has 17 heavy (non-hydrogen) atoms. The Morgan fingerprint density at radius 3 is 2.47 bits per heavy atom. The third-order valence-corrected chi connectivity index (χ3v) is 2.54. The summed E-state index contributed by atoms with van der Waals surface area (Å²) in [6, 6.07) is 7.52. The van der Waals surface area contributed by atoms with E-state index in [-0.39, 0.29) is 0 Å². The topological polar surface area (TPSA) is 69.6 Å². The first-order chi connectivity index (χ1) is 8.24. The highest BCUT2D eigenvalue weighted by molar-refractivity contribution is 6.30. The number of hydrogen-bond donors (Lipinski definition) is 1. The Hall–Kier alpha value is -2.14. The predicted octanol–water partition coefficient (Wildman–Crippen LogP) is 2.05. The van der Waals surface area contributed by atoms with Crippen LogP contribution in [0, 0.1) is 0 Å². The van der Waals surface area contributed by atoms with Crippen molar-refractivity contribution < 1.29 is 0 Å². The van der Waals surface area contributed by atoms with Gasteiger partial charge in [0, 0.05) is 0 Å². The maximum Gasteiger partial charge on any atom is 0.197 e. The van der Waals surface area contributed by atoms with Crippen LogP contribution < -0.4 is 5.73 Å². The molecule has 0 radical (unpaired) electrons. The van der Waals surface area contributed by atoms with Gasteiger partial charge in [0.2, 0.25) is 0 Å². The van der Waals surface area contributed by atoms with Crippen molar-refractivity contribution in [1.82, 2.24) is 19.7 Å². The lowest BCUT2D eigenvalue weighted by molar-refractivity contribution is 0.850. The van der Waals surface area contributed by atoms with Crippen LogP contribution in [0.25, 0.3) is 16.9 Å². The fraction of sp³-hybridized carbons (Fsp3) is 0. The van der Waals surface area contributed by atoms with E-state index in [2.05, 4.69) is 15.1 Å². The van der Waals surface area contributed by atoms with Crippen LogP contribution in [-0.2, 0) is 0 Å². The van der Waals surface area contributed by atoms with Crippen molar-refractivity contribution >= 4 is 28.5 Å². The molecule has 0 spiro atoms. The quantitative estimate of drug-likeness (QED) is 0.712. The molecule has 5 nitrogen and oxygen atoms in total. The molecule has 0 fully saturated rings. The molecule has 0 amide bonds. The van der Waals surface area contributed by atoms with Gasteiger partial charge in [-0.05, 0) is 12.1 Å². The number of rotatable bonds is 1. The number of para-hydroxylation sites is 2. The summed E-state index contributed by atoms with van der Waals surface area (Å²) in [7, 11) is 0. The third-order valence-electron chi connectivity index (χ3n) is 2.35. The van der Waals surface area contributed by atoms with Crippen LogP contribution in [0.4, 0.5) is 5.82 Å². The molecule has 0 atom stereocenters. The summed E-state index contributed by atoms with van der Waals surface area (Å²) in [6.07, 6.45) is 3.16. The molecule has 1 aromatic carbocycles. The zero-order valence-corrected chi connectivity index (χ0v) is 9.46. The zero-order valence-electron chi connectivity index (χ0n) is 8.71. The van der Waals surface area contributed by atoms with E-state index in [4.69, 9.17) is 17.3 Å². The molecule has 0 aliphatic heterocycles. The van der Waals surface area contributed by atoms with E-state index >= 15 is 0 Å². The first-order valence-corrected chi connectivity index (χ1v) is 5.34. The maximum absolute atomic E-state index is 5.85. The Balaban J connectivity index is 2.26. The molecule has 0 saturated carbocycles. The number of halogens is 1. The molecule has 0 aliphatic rings. The number of hydrogen-bond acceptors (Lipinski definition) is 4. The van der Waals surface area contributed by atoms with Gasteiger partial charge in [-0.3, -0.25) is 0 Å². The summed E-state index contributed by atoms with van der Waals surface area (Å²) in [5, 5.41) is 4.58. The Bertz CT molecular complexity index is 691. The molecule has 2 aromatic heterocycles. The van der Waals surface area contributed by atoms with Gasteiger partial charge < -0.3 is 5.73 Å². The highest BCUT2D eigenvalue weighted by Crippen LogP contribution is 2.18. The van der Waals surface area contributed by atoms with Crippen molar-refractivity contribution in [3.63, 3.8) is 0 Å². The number of nitrogen functional groups attached to an aromatic ring is 1. The van der Waals surface area contributed by atoms with Crippen molar-refractivity contribution in [3.05, 3.63) is 41.7 Å². The molecule has 6 heteroatoms. The number of fused-ring (bicyclic) bond motifs is 1. The fourth-order valence-electron chi connectivity index (χ4n) is 1.59. The largest absolute Gasteiger partial charge is 0.381 e. The van der Waals surface area contributed by atoms with Crippen molar-refractivity contribution in [2.24, 2.45) is 0 Å². The molecule has 0 saturated heterocycles. The summed E-state index contributed by atoms with van der Waals surface area (Å²) in [5.41, 5.74) is 7.37. The highest BCUT2D eigenvalue weighted by atomic mass is 35.5. The molecular formula is C11H8ClN5. The summed E-state index contributed by atoms with van der Waals surface area (Å²) in [6.45, 7) is 0. The SMILES string of the molecule is Nc1nc2ccccc2nc1-n1cc(Cl)cn1. The van der Waals surface area contributed by atoms with Crippen molar-refractivity contribution in [2.75, 3.05) is 5.73 Å². The average Bonchev–Trinajstić information content (AvgIpc) is 2.75. The molecule has 0 aliphatic carbocycles. The monoisotopic (exact) mass is 245 g/mol. The van der Waals surface area contributed by atoms with Gasteiger partial charge in [-0.15, -0.1) is 0 Å². The minimum absolute atomic E-state index is 0.323. The van der Waals surface area contributed by atoms with Gasteiger partial charge >= 0.3 is 0 Å². The van der Waals surface area contributed by atoms with Crippen LogP contribution in [0.1, 0.15) is 0 Å². The third kappa shape index (κ3) is 1.70. The Morgan fingerprint density at radius 2 is 1.82 bits per heavy atom. The van der Waals surface area contributed by atoms with Crippen LogP contribution in [0.5, 0.6) is 0 Å². The number of benzene rings is 1. The first kappa shape index (κ1) is 10.0. The van der Waals surface area contributed by atoms with E-state index in [0.29, 0.717) is 16.7 Å². The lowest BCUT2D eigenvalue weighted by Gasteiger charge is -2.05. The van der Waals surface area contributed by atoms with Crippen molar-refractivity contribution in [1.29, 1.82) is 0 Å². The highest BCUT2D eigenvalue weighted by Gasteiger charge is 2.08. The standard InChI is InChI=1S/C11H8ClN5/c12-7-5-14-17(6-7)11-10(13)15-8-3-1-2-4-9(8)16-11/h1-6H,(H2,13,15). The number of anilines is 1. The van der Waals surface area contributed by atoms with E-state index in [1.54, 1.807) is 6.20 Å². The zero-order chi connectivity index (χ0) is 11.8. The Kier molecular flexibility index (Phi) is 2.19.